The van der Waals surface area contributed by atoms with E-state index in [-0.39, 0.29) is 16.8 Å². The summed E-state index contributed by atoms with van der Waals surface area (Å²) >= 11 is 5.79. The molecule has 2 N–H and O–H groups in total. The van der Waals surface area contributed by atoms with Gasteiger partial charge in [0, 0.05) is 6.54 Å². The number of halogens is 1. The van der Waals surface area contributed by atoms with Gasteiger partial charge in [-0.3, -0.25) is 4.79 Å². The normalized spacial score (nSPS) is 23.6. The van der Waals surface area contributed by atoms with Gasteiger partial charge in [0.1, 0.15) is 17.3 Å². The van der Waals surface area contributed by atoms with Crippen LogP contribution in [0.4, 0.5) is 5.82 Å². The molecule has 0 bridgehead atoms. The van der Waals surface area contributed by atoms with Crippen LogP contribution < -0.4 is 5.32 Å². The zero-order valence-electron chi connectivity index (χ0n) is 9.27. The molecule has 2 unspecified atom stereocenters. The summed E-state index contributed by atoms with van der Waals surface area (Å²) < 4.78 is 0. The van der Waals surface area contributed by atoms with Crippen LogP contribution in [-0.4, -0.2) is 34.0 Å². The molecule has 2 atom stereocenters. The lowest BCUT2D eigenvalue weighted by atomic mass is 10.1. The largest absolute Gasteiger partial charge is 0.393 e. The molecule has 17 heavy (non-hydrogen) atoms. The number of hydrogen-bond acceptors (Lipinski definition) is 5. The average molecular weight is 256 g/mol. The molecule has 6 heteroatoms. The fraction of sp³-hybridized carbons (Fsp3) is 0.545. The number of aromatic nitrogens is 2. The van der Waals surface area contributed by atoms with E-state index in [9.17, 15) is 9.90 Å². The number of anilines is 1. The summed E-state index contributed by atoms with van der Waals surface area (Å²) in [7, 11) is 0. The molecule has 0 aliphatic heterocycles. The first-order chi connectivity index (χ1) is 8.20. The predicted octanol–water partition coefficient (Wildman–Crippen LogP) is 1.52. The van der Waals surface area contributed by atoms with Gasteiger partial charge in [-0.15, -0.1) is 0 Å². The van der Waals surface area contributed by atoms with Gasteiger partial charge in [0.2, 0.25) is 0 Å². The Bertz CT molecular complexity index is 414. The van der Waals surface area contributed by atoms with Gasteiger partial charge in [-0.1, -0.05) is 11.6 Å². The maximum Gasteiger partial charge on any atom is 0.156 e. The molecule has 0 aromatic carbocycles. The topological polar surface area (TPSA) is 75.1 Å². The van der Waals surface area contributed by atoms with Gasteiger partial charge in [-0.2, -0.15) is 0 Å². The van der Waals surface area contributed by atoms with Crippen molar-refractivity contribution in [3.05, 3.63) is 17.0 Å². The highest BCUT2D eigenvalue weighted by atomic mass is 35.5. The molecule has 1 fully saturated rings. The number of aliphatic hydroxyl groups is 1. The summed E-state index contributed by atoms with van der Waals surface area (Å²) in [5, 5.41) is 12.7. The highest BCUT2D eigenvalue weighted by molar-refractivity contribution is 6.32. The van der Waals surface area contributed by atoms with Gasteiger partial charge < -0.3 is 10.4 Å². The van der Waals surface area contributed by atoms with Crippen LogP contribution in [0.3, 0.4) is 0 Å². The Balaban J connectivity index is 1.99. The van der Waals surface area contributed by atoms with E-state index in [2.05, 4.69) is 15.3 Å². The summed E-state index contributed by atoms with van der Waals surface area (Å²) in [5.74, 6) is 0.875. The van der Waals surface area contributed by atoms with E-state index in [1.807, 2.05) is 0 Å². The molecule has 0 amide bonds. The third-order valence-electron chi connectivity index (χ3n) is 3.02. The van der Waals surface area contributed by atoms with Crippen molar-refractivity contribution in [2.45, 2.75) is 25.4 Å². The van der Waals surface area contributed by atoms with Crippen LogP contribution in [0, 0.1) is 5.92 Å². The van der Waals surface area contributed by atoms with Crippen LogP contribution >= 0.6 is 11.6 Å². The van der Waals surface area contributed by atoms with Crippen molar-refractivity contribution in [3.8, 4) is 0 Å². The molecule has 0 radical (unpaired) electrons. The number of carbonyl (C=O) groups excluding carboxylic acids is 1. The van der Waals surface area contributed by atoms with Crippen LogP contribution in [0.5, 0.6) is 0 Å². The monoisotopic (exact) mass is 255 g/mol. The molecule has 0 spiro atoms. The second-order valence-corrected chi connectivity index (χ2v) is 4.62. The van der Waals surface area contributed by atoms with E-state index in [0.29, 0.717) is 24.6 Å². The first-order valence-electron chi connectivity index (χ1n) is 5.58. The second-order valence-electron chi connectivity index (χ2n) is 4.26. The molecule has 0 saturated heterocycles. The Morgan fingerprint density at radius 1 is 1.53 bits per heavy atom. The Kier molecular flexibility index (Phi) is 3.91. The van der Waals surface area contributed by atoms with Gasteiger partial charge in [0.15, 0.2) is 6.29 Å². The lowest BCUT2D eigenvalue weighted by molar-refractivity contribution is 0.112. The van der Waals surface area contributed by atoms with E-state index in [0.717, 1.165) is 19.3 Å². The van der Waals surface area contributed by atoms with Crippen molar-refractivity contribution >= 4 is 23.7 Å². The van der Waals surface area contributed by atoms with Crippen molar-refractivity contribution in [2.24, 2.45) is 5.92 Å². The van der Waals surface area contributed by atoms with Gasteiger partial charge in [-0.25, -0.2) is 9.97 Å². The third-order valence-corrected chi connectivity index (χ3v) is 3.33. The Hall–Kier alpha value is -1.20. The molecule has 1 saturated carbocycles. The maximum absolute atomic E-state index is 10.9. The fourth-order valence-electron chi connectivity index (χ4n) is 2.09. The van der Waals surface area contributed by atoms with E-state index in [1.165, 1.54) is 6.33 Å². The number of nitrogens with zero attached hydrogens (tertiary/aromatic N) is 2. The summed E-state index contributed by atoms with van der Waals surface area (Å²) in [6.07, 6.45) is 4.40. The van der Waals surface area contributed by atoms with Crippen LogP contribution in [-0.2, 0) is 0 Å². The van der Waals surface area contributed by atoms with E-state index in [1.54, 1.807) is 0 Å². The SMILES string of the molecule is O=Cc1c(Cl)ncnc1NCC1CCC(O)C1. The Labute approximate surface area is 104 Å². The maximum atomic E-state index is 10.9. The highest BCUT2D eigenvalue weighted by Gasteiger charge is 2.22. The standard InChI is InChI=1S/C11H14ClN3O2/c12-10-9(5-16)11(15-6-14-10)13-4-7-1-2-8(17)3-7/h5-8,17H,1-4H2,(H,13,14,15). The molecule has 1 heterocycles. The van der Waals surface area contributed by atoms with Gasteiger partial charge in [-0.05, 0) is 25.2 Å². The smallest absolute Gasteiger partial charge is 0.156 e. The second kappa shape index (κ2) is 5.42. The average Bonchev–Trinajstić information content (AvgIpc) is 2.72. The predicted molar refractivity (Wildman–Crippen MR) is 64.3 cm³/mol. The van der Waals surface area contributed by atoms with Crippen molar-refractivity contribution < 1.29 is 9.90 Å². The molecule has 1 aliphatic carbocycles. The van der Waals surface area contributed by atoms with Crippen LogP contribution in [0.15, 0.2) is 6.33 Å². The Morgan fingerprint density at radius 2 is 2.35 bits per heavy atom. The van der Waals surface area contributed by atoms with Gasteiger partial charge in [0.05, 0.1) is 11.7 Å². The van der Waals surface area contributed by atoms with Gasteiger partial charge >= 0.3 is 0 Å². The lowest BCUT2D eigenvalue weighted by Crippen LogP contribution is -2.15. The quantitative estimate of drug-likeness (QED) is 0.630. The zero-order valence-corrected chi connectivity index (χ0v) is 10.0. The fourth-order valence-corrected chi connectivity index (χ4v) is 2.27. The summed E-state index contributed by atoms with van der Waals surface area (Å²) in [6, 6.07) is 0. The minimum atomic E-state index is -0.193. The summed E-state index contributed by atoms with van der Waals surface area (Å²) in [6.45, 7) is 0.686. The van der Waals surface area contributed by atoms with Crippen molar-refractivity contribution in [2.75, 3.05) is 11.9 Å². The third kappa shape index (κ3) is 2.92. The van der Waals surface area contributed by atoms with Crippen LogP contribution in [0.25, 0.3) is 0 Å². The molecule has 5 nitrogen and oxygen atoms in total. The van der Waals surface area contributed by atoms with E-state index >= 15 is 0 Å². The zero-order chi connectivity index (χ0) is 12.3. The Morgan fingerprint density at radius 3 is 3.00 bits per heavy atom. The van der Waals surface area contributed by atoms with E-state index in [4.69, 9.17) is 11.6 Å². The van der Waals surface area contributed by atoms with E-state index < -0.39 is 0 Å². The molecule has 1 aromatic heterocycles. The van der Waals surface area contributed by atoms with Crippen molar-refractivity contribution in [1.29, 1.82) is 0 Å². The number of aldehydes is 1. The highest BCUT2D eigenvalue weighted by Crippen LogP contribution is 2.26. The first-order valence-corrected chi connectivity index (χ1v) is 5.96. The minimum Gasteiger partial charge on any atom is -0.393 e. The summed E-state index contributed by atoms with van der Waals surface area (Å²) in [4.78, 5) is 18.6. The van der Waals surface area contributed by atoms with Crippen LogP contribution in [0.2, 0.25) is 5.15 Å². The van der Waals surface area contributed by atoms with Crippen molar-refractivity contribution in [3.63, 3.8) is 0 Å². The molecule has 2 rings (SSSR count). The molecular formula is C11H14ClN3O2. The number of carbonyl (C=O) groups is 1. The first kappa shape index (κ1) is 12.3. The van der Waals surface area contributed by atoms with Crippen molar-refractivity contribution in [1.82, 2.24) is 9.97 Å². The summed E-state index contributed by atoms with van der Waals surface area (Å²) in [5.41, 5.74) is 0.285. The number of hydrogen-bond donors (Lipinski definition) is 2. The number of aliphatic hydroxyl groups excluding tert-OH is 1. The number of rotatable bonds is 4. The molecular weight excluding hydrogens is 242 g/mol. The molecule has 1 aliphatic rings. The lowest BCUT2D eigenvalue weighted by Gasteiger charge is -2.12. The van der Waals surface area contributed by atoms with Gasteiger partial charge in [0.25, 0.3) is 0 Å². The number of nitrogens with one attached hydrogen (secondary N) is 1. The molecule has 92 valence electrons. The molecule has 1 aromatic rings. The van der Waals surface area contributed by atoms with Crippen LogP contribution in [0.1, 0.15) is 29.6 Å². The minimum absolute atomic E-state index is 0.156.